The van der Waals surface area contributed by atoms with Crippen molar-refractivity contribution in [2.24, 2.45) is 29.1 Å². The minimum atomic E-state index is 0.690. The highest BCUT2D eigenvalue weighted by Crippen LogP contribution is 2.63. The molecule has 0 heteroatoms. The van der Waals surface area contributed by atoms with E-state index in [0.717, 1.165) is 23.7 Å². The van der Waals surface area contributed by atoms with Crippen LogP contribution in [-0.2, 0) is 0 Å². The molecule has 0 nitrogen and oxygen atoms in total. The van der Waals surface area contributed by atoms with Crippen LogP contribution in [0.5, 0.6) is 0 Å². The maximum atomic E-state index is 2.68. The van der Waals surface area contributed by atoms with Gasteiger partial charge >= 0.3 is 0 Å². The third-order valence-corrected chi connectivity index (χ3v) is 8.11. The van der Waals surface area contributed by atoms with Crippen LogP contribution in [0, 0.1) is 29.1 Å². The maximum Gasteiger partial charge on any atom is -0.0108 e. The van der Waals surface area contributed by atoms with Gasteiger partial charge in [0.2, 0.25) is 0 Å². The highest BCUT2D eigenvalue weighted by molar-refractivity contribution is 5.33. The van der Waals surface area contributed by atoms with E-state index < -0.39 is 0 Å². The van der Waals surface area contributed by atoms with Gasteiger partial charge in [-0.25, -0.2) is 0 Å². The Morgan fingerprint density at radius 1 is 1.18 bits per heavy atom. The molecule has 0 heterocycles. The topological polar surface area (TPSA) is 0 Å². The third kappa shape index (κ3) is 2.16. The van der Waals surface area contributed by atoms with Crippen molar-refractivity contribution in [1.82, 2.24) is 0 Å². The molecule has 3 unspecified atom stereocenters. The molecule has 2 fully saturated rings. The first kappa shape index (κ1) is 15.0. The quantitative estimate of drug-likeness (QED) is 0.499. The number of rotatable bonds is 2. The summed E-state index contributed by atoms with van der Waals surface area (Å²) in [5.74, 6) is 4.08. The van der Waals surface area contributed by atoms with Gasteiger partial charge in [0, 0.05) is 0 Å². The Bertz CT molecular complexity index is 508. The first-order chi connectivity index (χ1) is 10.6. The fraction of sp³-hybridized carbons (Fsp3) is 0.818. The molecule has 5 atom stereocenters. The predicted octanol–water partition coefficient (Wildman–Crippen LogP) is 6.68. The van der Waals surface area contributed by atoms with E-state index in [1.54, 1.807) is 12.0 Å². The van der Waals surface area contributed by atoms with Crippen molar-refractivity contribution in [3.05, 3.63) is 22.8 Å². The summed E-state index contributed by atoms with van der Waals surface area (Å²) in [5.41, 5.74) is 6.08. The molecule has 0 radical (unpaired) electrons. The van der Waals surface area contributed by atoms with Crippen molar-refractivity contribution < 1.29 is 0 Å². The SMILES string of the molecule is CCC[C@H]1CCC2C3CCC4=C(CC=C(C)C4)C3CC[C@@]21C. The molecule has 0 aromatic rings. The summed E-state index contributed by atoms with van der Waals surface area (Å²) in [6, 6.07) is 0. The van der Waals surface area contributed by atoms with E-state index >= 15 is 0 Å². The van der Waals surface area contributed by atoms with Gasteiger partial charge in [0.15, 0.2) is 0 Å². The molecule has 0 bridgehead atoms. The second-order valence-corrected chi connectivity index (χ2v) is 9.08. The second-order valence-electron chi connectivity index (χ2n) is 9.08. The molecule has 2 saturated carbocycles. The zero-order valence-corrected chi connectivity index (χ0v) is 15.0. The largest absolute Gasteiger partial charge is 0.0812 e. The molecule has 0 spiro atoms. The van der Waals surface area contributed by atoms with E-state index in [1.807, 2.05) is 11.1 Å². The van der Waals surface area contributed by atoms with Gasteiger partial charge in [-0.2, -0.15) is 0 Å². The van der Waals surface area contributed by atoms with E-state index in [9.17, 15) is 0 Å². The number of hydrogen-bond acceptors (Lipinski definition) is 0. The van der Waals surface area contributed by atoms with Crippen LogP contribution in [0.25, 0.3) is 0 Å². The third-order valence-electron chi connectivity index (χ3n) is 8.11. The van der Waals surface area contributed by atoms with Crippen LogP contribution in [0.15, 0.2) is 22.8 Å². The Kier molecular flexibility index (Phi) is 3.78. The molecule has 4 aliphatic rings. The molecular formula is C22H34. The van der Waals surface area contributed by atoms with E-state index in [-0.39, 0.29) is 0 Å². The van der Waals surface area contributed by atoms with Gasteiger partial charge in [0.1, 0.15) is 0 Å². The summed E-state index contributed by atoms with van der Waals surface area (Å²) in [7, 11) is 0. The van der Waals surface area contributed by atoms with Crippen molar-refractivity contribution >= 4 is 0 Å². The highest BCUT2D eigenvalue weighted by atomic mass is 14.6. The van der Waals surface area contributed by atoms with E-state index in [4.69, 9.17) is 0 Å². The molecule has 0 amide bonds. The van der Waals surface area contributed by atoms with Crippen molar-refractivity contribution in [2.75, 3.05) is 0 Å². The smallest absolute Gasteiger partial charge is 0.0108 e. The lowest BCUT2D eigenvalue weighted by molar-refractivity contribution is 0.0120. The van der Waals surface area contributed by atoms with Crippen LogP contribution in [-0.4, -0.2) is 0 Å². The minimum Gasteiger partial charge on any atom is -0.0812 e. The van der Waals surface area contributed by atoms with Crippen molar-refractivity contribution in [3.63, 3.8) is 0 Å². The second kappa shape index (κ2) is 5.53. The lowest BCUT2D eigenvalue weighted by Crippen LogP contribution is -2.43. The number of hydrogen-bond donors (Lipinski definition) is 0. The zero-order chi connectivity index (χ0) is 15.3. The summed E-state index contributed by atoms with van der Waals surface area (Å²) in [6.45, 7) is 7.40. The summed E-state index contributed by atoms with van der Waals surface area (Å²) in [5, 5.41) is 0. The number of fused-ring (bicyclic) bond motifs is 4. The Morgan fingerprint density at radius 3 is 2.86 bits per heavy atom. The average molecular weight is 299 g/mol. The maximum absolute atomic E-state index is 2.68. The summed E-state index contributed by atoms with van der Waals surface area (Å²) >= 11 is 0. The summed E-state index contributed by atoms with van der Waals surface area (Å²) in [4.78, 5) is 0. The lowest BCUT2D eigenvalue weighted by Gasteiger charge is -2.52. The Hall–Kier alpha value is -0.520. The normalized spacial score (nSPS) is 44.2. The molecule has 122 valence electrons. The van der Waals surface area contributed by atoms with Crippen molar-refractivity contribution in [1.29, 1.82) is 0 Å². The Labute approximate surface area is 137 Å². The van der Waals surface area contributed by atoms with Gasteiger partial charge in [-0.3, -0.25) is 0 Å². The van der Waals surface area contributed by atoms with Crippen molar-refractivity contribution in [3.8, 4) is 0 Å². The van der Waals surface area contributed by atoms with Gasteiger partial charge in [-0.1, -0.05) is 49.5 Å². The van der Waals surface area contributed by atoms with E-state index in [2.05, 4.69) is 26.8 Å². The van der Waals surface area contributed by atoms with Gasteiger partial charge in [-0.15, -0.1) is 0 Å². The van der Waals surface area contributed by atoms with Crippen LogP contribution in [0.1, 0.15) is 85.0 Å². The Morgan fingerprint density at radius 2 is 2.05 bits per heavy atom. The molecule has 4 aliphatic carbocycles. The van der Waals surface area contributed by atoms with E-state index in [1.165, 1.54) is 57.8 Å². The van der Waals surface area contributed by atoms with Crippen LogP contribution in [0.4, 0.5) is 0 Å². The highest BCUT2D eigenvalue weighted by Gasteiger charge is 2.54. The zero-order valence-electron chi connectivity index (χ0n) is 15.0. The first-order valence-electron chi connectivity index (χ1n) is 10.00. The summed E-state index contributed by atoms with van der Waals surface area (Å²) in [6.07, 6.45) is 17.0. The monoisotopic (exact) mass is 298 g/mol. The van der Waals surface area contributed by atoms with E-state index in [0.29, 0.717) is 5.41 Å². The molecule has 0 aliphatic heterocycles. The van der Waals surface area contributed by atoms with Crippen LogP contribution in [0.2, 0.25) is 0 Å². The average Bonchev–Trinajstić information content (AvgIpc) is 2.84. The lowest BCUT2D eigenvalue weighted by atomic mass is 9.53. The summed E-state index contributed by atoms with van der Waals surface area (Å²) < 4.78 is 0. The molecule has 0 N–H and O–H groups in total. The fourth-order valence-corrected chi connectivity index (χ4v) is 7.01. The van der Waals surface area contributed by atoms with Crippen LogP contribution in [0.3, 0.4) is 0 Å². The fourth-order valence-electron chi connectivity index (χ4n) is 7.01. The van der Waals surface area contributed by atoms with Gasteiger partial charge in [0.25, 0.3) is 0 Å². The first-order valence-corrected chi connectivity index (χ1v) is 10.00. The van der Waals surface area contributed by atoms with Gasteiger partial charge in [0.05, 0.1) is 0 Å². The standard InChI is InChI=1S/C22H34/c1-4-5-17-8-11-21-20-10-7-16-14-15(2)6-9-18(16)19(20)12-13-22(17,21)3/h6,17,19-21H,4-5,7-14H2,1-3H3/t17-,19?,20?,21?,22+/m0/s1. The van der Waals surface area contributed by atoms with Gasteiger partial charge < -0.3 is 0 Å². The molecule has 0 saturated heterocycles. The number of allylic oxidation sites excluding steroid dienone is 4. The Balaban J connectivity index is 1.59. The molecular weight excluding hydrogens is 264 g/mol. The molecule has 22 heavy (non-hydrogen) atoms. The van der Waals surface area contributed by atoms with Crippen molar-refractivity contribution in [2.45, 2.75) is 85.0 Å². The molecule has 0 aromatic heterocycles. The molecule has 4 rings (SSSR count). The van der Waals surface area contributed by atoms with Crippen LogP contribution < -0.4 is 0 Å². The minimum absolute atomic E-state index is 0.690. The van der Waals surface area contributed by atoms with Gasteiger partial charge in [-0.05, 0) is 87.4 Å². The van der Waals surface area contributed by atoms with Crippen LogP contribution >= 0.6 is 0 Å². The predicted molar refractivity (Wildman–Crippen MR) is 94.7 cm³/mol. The molecule has 0 aromatic carbocycles.